The van der Waals surface area contributed by atoms with Crippen molar-refractivity contribution < 1.29 is 13.2 Å². The van der Waals surface area contributed by atoms with E-state index < -0.39 is 10.0 Å². The van der Waals surface area contributed by atoms with Gasteiger partial charge in [0.25, 0.3) is 5.56 Å². The third kappa shape index (κ3) is 4.77. The molecule has 0 spiro atoms. The Morgan fingerprint density at radius 1 is 1.17 bits per heavy atom. The fourth-order valence-corrected chi connectivity index (χ4v) is 6.21. The van der Waals surface area contributed by atoms with E-state index in [2.05, 4.69) is 40.0 Å². The molecule has 0 radical (unpaired) electrons. The van der Waals surface area contributed by atoms with Gasteiger partial charge in [-0.2, -0.15) is 0 Å². The normalized spacial score (nSPS) is 19.3. The minimum Gasteiger partial charge on any atom is -0.492 e. The second-order valence-electron chi connectivity index (χ2n) is 9.85. The van der Waals surface area contributed by atoms with Crippen molar-refractivity contribution in [1.29, 1.82) is 0 Å². The van der Waals surface area contributed by atoms with E-state index in [4.69, 9.17) is 4.74 Å². The fraction of sp³-hybridized carbons (Fsp3) is 0.407. The summed E-state index contributed by atoms with van der Waals surface area (Å²) in [5.74, 6) is 0.626. The molecule has 3 aromatic rings. The van der Waals surface area contributed by atoms with Gasteiger partial charge >= 0.3 is 0 Å². The third-order valence-electron chi connectivity index (χ3n) is 6.99. The van der Waals surface area contributed by atoms with Gasteiger partial charge in [0.2, 0.25) is 10.0 Å². The maximum atomic E-state index is 13.5. The average molecular weight is 494 g/mol. The van der Waals surface area contributed by atoms with Crippen LogP contribution in [0.15, 0.2) is 53.6 Å². The predicted octanol–water partition coefficient (Wildman–Crippen LogP) is 3.62. The molecule has 2 heterocycles. The summed E-state index contributed by atoms with van der Waals surface area (Å²) in [6.45, 7) is 4.59. The molecule has 0 fully saturated rings. The second kappa shape index (κ2) is 9.24. The summed E-state index contributed by atoms with van der Waals surface area (Å²) < 4.78 is 34.7. The lowest BCUT2D eigenvalue weighted by Crippen LogP contribution is -2.45. The van der Waals surface area contributed by atoms with Gasteiger partial charge in [0.1, 0.15) is 5.75 Å². The molecule has 0 unspecified atom stereocenters. The zero-order valence-corrected chi connectivity index (χ0v) is 21.1. The van der Waals surface area contributed by atoms with E-state index >= 15 is 0 Å². The number of ether oxygens (including phenoxy) is 1. The Balaban J connectivity index is 1.56. The number of nitrogens with zero attached hydrogens (tertiary/aromatic N) is 2. The Kier molecular flexibility index (Phi) is 6.27. The van der Waals surface area contributed by atoms with Crippen LogP contribution in [0.4, 0.5) is 0 Å². The molecule has 2 atom stereocenters. The lowest BCUT2D eigenvalue weighted by atomic mass is 9.78. The first-order valence-corrected chi connectivity index (χ1v) is 14.0. The molecule has 0 saturated heterocycles. The van der Waals surface area contributed by atoms with Crippen LogP contribution in [0.2, 0.25) is 0 Å². The van der Waals surface area contributed by atoms with Crippen molar-refractivity contribution in [2.75, 3.05) is 12.9 Å². The van der Waals surface area contributed by atoms with E-state index in [0.29, 0.717) is 31.4 Å². The first-order chi connectivity index (χ1) is 16.7. The lowest BCUT2D eigenvalue weighted by Gasteiger charge is -2.33. The molecule has 184 valence electrons. The fourth-order valence-electron chi connectivity index (χ4n) is 5.37. The molecule has 7 nitrogen and oxygen atoms in total. The first kappa shape index (κ1) is 23.8. The largest absolute Gasteiger partial charge is 0.492 e. The number of sulfonamides is 1. The van der Waals surface area contributed by atoms with Gasteiger partial charge < -0.3 is 4.74 Å². The Bertz CT molecular complexity index is 1430. The first-order valence-electron chi connectivity index (χ1n) is 12.1. The number of para-hydroxylation sites is 1. The number of nitrogens with one attached hydrogen (secondary N) is 1. The number of rotatable bonds is 6. The van der Waals surface area contributed by atoms with Crippen molar-refractivity contribution in [3.63, 3.8) is 0 Å². The van der Waals surface area contributed by atoms with Gasteiger partial charge in [-0.3, -0.25) is 9.36 Å². The van der Waals surface area contributed by atoms with Crippen LogP contribution in [-0.2, 0) is 29.3 Å². The van der Waals surface area contributed by atoms with Crippen LogP contribution in [0.1, 0.15) is 54.6 Å². The van der Waals surface area contributed by atoms with Gasteiger partial charge in [0.05, 0.1) is 24.9 Å². The Labute approximate surface area is 206 Å². The van der Waals surface area contributed by atoms with Gasteiger partial charge in [-0.25, -0.2) is 18.1 Å². The van der Waals surface area contributed by atoms with Crippen molar-refractivity contribution in [3.05, 3.63) is 81.5 Å². The number of hydrogen-bond donors (Lipinski definition) is 1. The maximum Gasteiger partial charge on any atom is 0.257 e. The van der Waals surface area contributed by atoms with Crippen LogP contribution in [0.5, 0.6) is 5.75 Å². The zero-order chi connectivity index (χ0) is 24.7. The summed E-state index contributed by atoms with van der Waals surface area (Å²) in [4.78, 5) is 18.1. The SMILES string of the molecule is CC(C)n1cnc2c(c1=O)[C@@H](Cc1cccc(-c3cccc4c3OCC4)c1)[C@@H](NS(C)(=O)=O)CC2. The predicted molar refractivity (Wildman–Crippen MR) is 136 cm³/mol. The van der Waals surface area contributed by atoms with Crippen LogP contribution in [0.25, 0.3) is 11.1 Å². The van der Waals surface area contributed by atoms with E-state index in [0.717, 1.165) is 34.6 Å². The molecule has 2 aromatic carbocycles. The van der Waals surface area contributed by atoms with Crippen molar-refractivity contribution in [2.24, 2.45) is 0 Å². The van der Waals surface area contributed by atoms with Gasteiger partial charge in [0.15, 0.2) is 0 Å². The molecule has 8 heteroatoms. The van der Waals surface area contributed by atoms with E-state index in [1.165, 1.54) is 11.8 Å². The Morgan fingerprint density at radius 2 is 1.97 bits per heavy atom. The number of benzene rings is 2. The summed E-state index contributed by atoms with van der Waals surface area (Å²) in [5.41, 5.74) is 5.68. The van der Waals surface area contributed by atoms with Crippen molar-refractivity contribution >= 4 is 10.0 Å². The summed E-state index contributed by atoms with van der Waals surface area (Å²) in [6.07, 6.45) is 5.40. The molecule has 35 heavy (non-hydrogen) atoms. The number of aryl methyl sites for hydroxylation is 1. The van der Waals surface area contributed by atoms with Crippen LogP contribution in [0, 0.1) is 0 Å². The standard InChI is InChI=1S/C27H31N3O4S/c1-17(2)30-16-28-24-11-10-23(29-35(3,32)33)22(25(24)27(30)31)15-18-6-4-8-20(14-18)21-9-5-7-19-12-13-34-26(19)21/h4-9,14,16-17,22-23,29H,10-13,15H2,1-3H3/t22-,23-/m0/s1. The second-order valence-corrected chi connectivity index (χ2v) is 11.6. The minimum absolute atomic E-state index is 0.0345. The summed E-state index contributed by atoms with van der Waals surface area (Å²) in [5, 5.41) is 0. The molecule has 0 saturated carbocycles. The lowest BCUT2D eigenvalue weighted by molar-refractivity contribution is 0.358. The third-order valence-corrected chi connectivity index (χ3v) is 7.72. The molecule has 0 amide bonds. The average Bonchev–Trinajstić information content (AvgIpc) is 3.29. The maximum absolute atomic E-state index is 13.5. The highest BCUT2D eigenvalue weighted by atomic mass is 32.2. The molecule has 5 rings (SSSR count). The monoisotopic (exact) mass is 493 g/mol. The molecule has 2 aliphatic rings. The van der Waals surface area contributed by atoms with Gasteiger partial charge in [-0.15, -0.1) is 0 Å². The molecule has 0 bridgehead atoms. The van der Waals surface area contributed by atoms with Crippen LogP contribution < -0.4 is 15.0 Å². The number of aromatic nitrogens is 2. The molecular formula is C27H31N3O4S. The highest BCUT2D eigenvalue weighted by Gasteiger charge is 2.35. The smallest absolute Gasteiger partial charge is 0.257 e. The molecule has 1 aliphatic carbocycles. The van der Waals surface area contributed by atoms with Gasteiger partial charge in [-0.05, 0) is 49.8 Å². The topological polar surface area (TPSA) is 90.3 Å². The van der Waals surface area contributed by atoms with Crippen molar-refractivity contribution in [1.82, 2.24) is 14.3 Å². The van der Waals surface area contributed by atoms with Crippen molar-refractivity contribution in [3.8, 4) is 16.9 Å². The van der Waals surface area contributed by atoms with Gasteiger partial charge in [-0.1, -0.05) is 42.5 Å². The number of hydrogen-bond acceptors (Lipinski definition) is 5. The van der Waals surface area contributed by atoms with Crippen LogP contribution in [0.3, 0.4) is 0 Å². The van der Waals surface area contributed by atoms with Gasteiger partial charge in [0, 0.05) is 35.5 Å². The molecule has 1 N–H and O–H groups in total. The molecular weight excluding hydrogens is 462 g/mol. The molecule has 1 aromatic heterocycles. The van der Waals surface area contributed by atoms with E-state index in [1.807, 2.05) is 26.0 Å². The molecule has 1 aliphatic heterocycles. The zero-order valence-electron chi connectivity index (χ0n) is 20.3. The van der Waals surface area contributed by atoms with Crippen LogP contribution in [-0.4, -0.2) is 36.9 Å². The van der Waals surface area contributed by atoms with E-state index in [1.54, 1.807) is 10.9 Å². The van der Waals surface area contributed by atoms with E-state index in [-0.39, 0.29) is 23.6 Å². The minimum atomic E-state index is -3.44. The summed E-state index contributed by atoms with van der Waals surface area (Å²) in [6, 6.07) is 14.1. The van der Waals surface area contributed by atoms with Crippen LogP contribution >= 0.6 is 0 Å². The van der Waals surface area contributed by atoms with E-state index in [9.17, 15) is 13.2 Å². The highest BCUT2D eigenvalue weighted by molar-refractivity contribution is 7.88. The summed E-state index contributed by atoms with van der Waals surface area (Å²) >= 11 is 0. The summed E-state index contributed by atoms with van der Waals surface area (Å²) in [7, 11) is -3.44. The number of fused-ring (bicyclic) bond motifs is 2. The Hall–Kier alpha value is -2.97. The Morgan fingerprint density at radius 3 is 2.74 bits per heavy atom. The highest BCUT2D eigenvalue weighted by Crippen LogP contribution is 2.38. The van der Waals surface area contributed by atoms with Crippen molar-refractivity contribution in [2.45, 2.75) is 57.5 Å². The quantitative estimate of drug-likeness (QED) is 0.567.